The molecule has 1 saturated carbocycles. The molecule has 0 aromatic heterocycles. The highest BCUT2D eigenvalue weighted by molar-refractivity contribution is 7.92. The predicted molar refractivity (Wildman–Crippen MR) is 97.5 cm³/mol. The van der Waals surface area contributed by atoms with Gasteiger partial charge >= 0.3 is 6.09 Å². The summed E-state index contributed by atoms with van der Waals surface area (Å²) in [5, 5.41) is 2.46. The first-order valence-electron chi connectivity index (χ1n) is 8.96. The molecule has 2 aliphatic rings. The van der Waals surface area contributed by atoms with E-state index in [0.717, 1.165) is 18.4 Å². The smallest absolute Gasteiger partial charge is 0.410 e. The third-order valence-corrected chi connectivity index (χ3v) is 7.11. The number of ether oxygens (including phenoxy) is 1. The van der Waals surface area contributed by atoms with Crippen LogP contribution >= 0.6 is 0 Å². The van der Waals surface area contributed by atoms with Crippen LogP contribution in [0, 0.1) is 0 Å². The third-order valence-electron chi connectivity index (χ3n) is 4.85. The zero-order valence-corrected chi connectivity index (χ0v) is 15.5. The SMILES string of the molecule is O=C(CCS(=O)(=O)C1CCCC1)Nc1cccc(CN2CCOC2=O)c1. The van der Waals surface area contributed by atoms with E-state index in [4.69, 9.17) is 4.74 Å². The Hall–Kier alpha value is -2.09. The molecule has 1 saturated heterocycles. The maximum Gasteiger partial charge on any atom is 0.410 e. The molecule has 1 aromatic rings. The number of nitrogens with one attached hydrogen (secondary N) is 1. The molecule has 2 fully saturated rings. The van der Waals surface area contributed by atoms with E-state index in [9.17, 15) is 18.0 Å². The lowest BCUT2D eigenvalue weighted by molar-refractivity contribution is -0.115. The molecule has 1 heterocycles. The summed E-state index contributed by atoms with van der Waals surface area (Å²) in [6.45, 7) is 1.36. The largest absolute Gasteiger partial charge is 0.448 e. The first kappa shape index (κ1) is 18.7. The van der Waals surface area contributed by atoms with Crippen LogP contribution in [0.5, 0.6) is 0 Å². The van der Waals surface area contributed by atoms with Crippen molar-refractivity contribution in [1.29, 1.82) is 0 Å². The van der Waals surface area contributed by atoms with Crippen LogP contribution in [-0.4, -0.2) is 49.5 Å². The number of carbonyl (C=O) groups excluding carboxylic acids is 2. The minimum atomic E-state index is -3.20. The summed E-state index contributed by atoms with van der Waals surface area (Å²) < 4.78 is 29.4. The molecule has 0 spiro atoms. The van der Waals surface area contributed by atoms with Gasteiger partial charge in [-0.25, -0.2) is 13.2 Å². The van der Waals surface area contributed by atoms with E-state index in [-0.39, 0.29) is 29.4 Å². The van der Waals surface area contributed by atoms with Gasteiger partial charge in [-0.05, 0) is 30.5 Å². The Bertz CT molecular complexity index is 772. The molecule has 1 aromatic carbocycles. The summed E-state index contributed by atoms with van der Waals surface area (Å²) in [4.78, 5) is 25.2. The maximum atomic E-state index is 12.2. The van der Waals surface area contributed by atoms with Crippen molar-refractivity contribution in [1.82, 2.24) is 4.90 Å². The Balaban J connectivity index is 1.52. The fraction of sp³-hybridized carbons (Fsp3) is 0.556. The van der Waals surface area contributed by atoms with E-state index in [1.165, 1.54) is 0 Å². The average Bonchev–Trinajstić information content (AvgIpc) is 3.27. The molecule has 0 unspecified atom stereocenters. The molecule has 0 atom stereocenters. The van der Waals surface area contributed by atoms with E-state index in [1.54, 1.807) is 23.1 Å². The highest BCUT2D eigenvalue weighted by Gasteiger charge is 2.29. The number of carbonyl (C=O) groups is 2. The molecule has 1 N–H and O–H groups in total. The molecule has 7 nitrogen and oxygen atoms in total. The normalized spacial score (nSPS) is 18.2. The van der Waals surface area contributed by atoms with Crippen molar-refractivity contribution in [3.8, 4) is 0 Å². The number of cyclic esters (lactones) is 1. The quantitative estimate of drug-likeness (QED) is 0.784. The highest BCUT2D eigenvalue weighted by atomic mass is 32.2. The lowest BCUT2D eigenvalue weighted by Gasteiger charge is -2.14. The molecule has 0 bridgehead atoms. The number of hydrogen-bond donors (Lipinski definition) is 1. The summed E-state index contributed by atoms with van der Waals surface area (Å²) in [6, 6.07) is 7.19. The summed E-state index contributed by atoms with van der Waals surface area (Å²) in [5.74, 6) is -0.424. The van der Waals surface area contributed by atoms with Crippen molar-refractivity contribution in [3.63, 3.8) is 0 Å². The first-order chi connectivity index (χ1) is 12.4. The highest BCUT2D eigenvalue weighted by Crippen LogP contribution is 2.25. The number of rotatable bonds is 7. The number of benzene rings is 1. The average molecular weight is 380 g/mol. The van der Waals surface area contributed by atoms with Crippen molar-refractivity contribution >= 4 is 27.5 Å². The molecular formula is C18H24N2O5S. The van der Waals surface area contributed by atoms with Gasteiger partial charge in [0, 0.05) is 18.7 Å². The number of sulfone groups is 1. The molecule has 0 radical (unpaired) electrons. The zero-order valence-electron chi connectivity index (χ0n) is 14.6. The van der Waals surface area contributed by atoms with Gasteiger partial charge in [0.05, 0.1) is 17.5 Å². The molecule has 26 heavy (non-hydrogen) atoms. The second kappa shape index (κ2) is 8.07. The van der Waals surface area contributed by atoms with Crippen LogP contribution in [0.1, 0.15) is 37.7 Å². The minimum absolute atomic E-state index is 0.0402. The number of amides is 2. The Labute approximate surface area is 153 Å². The summed E-state index contributed by atoms with van der Waals surface area (Å²) in [7, 11) is -3.20. The number of anilines is 1. The van der Waals surface area contributed by atoms with E-state index >= 15 is 0 Å². The second-order valence-corrected chi connectivity index (χ2v) is 9.21. The van der Waals surface area contributed by atoms with Crippen LogP contribution in [0.2, 0.25) is 0 Å². The first-order valence-corrected chi connectivity index (χ1v) is 10.7. The lowest BCUT2D eigenvalue weighted by atomic mass is 10.2. The fourth-order valence-electron chi connectivity index (χ4n) is 3.41. The van der Waals surface area contributed by atoms with Crippen molar-refractivity contribution in [2.75, 3.05) is 24.2 Å². The van der Waals surface area contributed by atoms with Crippen molar-refractivity contribution in [2.45, 2.75) is 43.9 Å². The zero-order chi connectivity index (χ0) is 18.6. The van der Waals surface area contributed by atoms with Gasteiger partial charge in [0.1, 0.15) is 6.61 Å². The van der Waals surface area contributed by atoms with Gasteiger partial charge in [-0.15, -0.1) is 0 Å². The summed E-state index contributed by atoms with van der Waals surface area (Å²) >= 11 is 0. The van der Waals surface area contributed by atoms with Crippen LogP contribution < -0.4 is 5.32 Å². The van der Waals surface area contributed by atoms with Gasteiger partial charge in [0.15, 0.2) is 9.84 Å². The standard InChI is InChI=1S/C18H24N2O5S/c21-17(8-11-26(23,24)16-6-1-2-7-16)19-15-5-3-4-14(12-15)13-20-9-10-25-18(20)22/h3-5,12,16H,1-2,6-11,13H2,(H,19,21). The molecule has 2 amide bonds. The van der Waals surface area contributed by atoms with Crippen molar-refractivity contribution in [2.24, 2.45) is 0 Å². The van der Waals surface area contributed by atoms with Crippen LogP contribution in [0.3, 0.4) is 0 Å². The Morgan fingerprint density at radius 3 is 2.73 bits per heavy atom. The Kier molecular flexibility index (Phi) is 5.80. The second-order valence-electron chi connectivity index (χ2n) is 6.81. The Morgan fingerprint density at radius 2 is 2.04 bits per heavy atom. The van der Waals surface area contributed by atoms with Gasteiger partial charge in [0.25, 0.3) is 0 Å². The van der Waals surface area contributed by atoms with E-state index in [0.29, 0.717) is 38.2 Å². The van der Waals surface area contributed by atoms with Crippen molar-refractivity contribution in [3.05, 3.63) is 29.8 Å². The number of nitrogens with zero attached hydrogens (tertiary/aromatic N) is 1. The van der Waals surface area contributed by atoms with E-state index in [2.05, 4.69) is 5.32 Å². The molecule has 3 rings (SSSR count). The lowest BCUT2D eigenvalue weighted by Crippen LogP contribution is -2.25. The molecule has 8 heteroatoms. The fourth-order valence-corrected chi connectivity index (χ4v) is 5.26. The van der Waals surface area contributed by atoms with Crippen molar-refractivity contribution < 1.29 is 22.7 Å². The molecule has 1 aliphatic carbocycles. The molecule has 142 valence electrons. The van der Waals surface area contributed by atoms with Gasteiger partial charge in [0.2, 0.25) is 5.91 Å². The minimum Gasteiger partial charge on any atom is -0.448 e. The predicted octanol–water partition coefficient (Wildman–Crippen LogP) is 2.32. The van der Waals surface area contributed by atoms with Crippen LogP contribution in [-0.2, 0) is 25.9 Å². The topological polar surface area (TPSA) is 92.8 Å². The van der Waals surface area contributed by atoms with Gasteiger partial charge in [-0.3, -0.25) is 4.79 Å². The van der Waals surface area contributed by atoms with Gasteiger partial charge in [-0.2, -0.15) is 0 Å². The molecule has 1 aliphatic heterocycles. The summed E-state index contributed by atoms with van der Waals surface area (Å²) in [5.41, 5.74) is 1.47. The third kappa shape index (κ3) is 4.75. The van der Waals surface area contributed by atoms with E-state index < -0.39 is 9.84 Å². The maximum absolute atomic E-state index is 12.2. The Morgan fingerprint density at radius 1 is 1.27 bits per heavy atom. The van der Waals surface area contributed by atoms with Crippen LogP contribution in [0.25, 0.3) is 0 Å². The van der Waals surface area contributed by atoms with Gasteiger partial charge in [-0.1, -0.05) is 25.0 Å². The number of hydrogen-bond acceptors (Lipinski definition) is 5. The summed E-state index contributed by atoms with van der Waals surface area (Å²) in [6.07, 6.45) is 2.95. The van der Waals surface area contributed by atoms with Crippen LogP contribution in [0.15, 0.2) is 24.3 Å². The molecular weight excluding hydrogens is 356 g/mol. The van der Waals surface area contributed by atoms with E-state index in [1.807, 2.05) is 6.07 Å². The van der Waals surface area contributed by atoms with Gasteiger partial charge < -0.3 is 15.0 Å². The monoisotopic (exact) mass is 380 g/mol. The van der Waals surface area contributed by atoms with Crippen LogP contribution in [0.4, 0.5) is 10.5 Å².